The maximum absolute atomic E-state index is 14.3. The van der Waals surface area contributed by atoms with Crippen LogP contribution in [0.2, 0.25) is 0 Å². The Bertz CT molecular complexity index is 876. The normalized spacial score (nSPS) is 16.6. The van der Waals surface area contributed by atoms with Gasteiger partial charge in [-0.15, -0.1) is 24.0 Å². The van der Waals surface area contributed by atoms with E-state index in [4.69, 9.17) is 5.26 Å². The van der Waals surface area contributed by atoms with Crippen LogP contribution in [0.5, 0.6) is 0 Å². The monoisotopic (exact) mass is 507 g/mol. The molecule has 1 aliphatic heterocycles. The van der Waals surface area contributed by atoms with Crippen molar-refractivity contribution in [3.8, 4) is 6.07 Å². The Balaban J connectivity index is 0.00000300. The molecule has 2 aromatic carbocycles. The van der Waals surface area contributed by atoms with E-state index in [0.717, 1.165) is 43.0 Å². The minimum atomic E-state index is -0.172. The third-order valence-electron chi connectivity index (χ3n) is 4.97. The second-order valence-corrected chi connectivity index (χ2v) is 7.12. The van der Waals surface area contributed by atoms with E-state index in [2.05, 4.69) is 26.6 Å². The third-order valence-corrected chi connectivity index (χ3v) is 4.97. The van der Waals surface area contributed by atoms with E-state index in [9.17, 15) is 4.39 Å². The number of guanidine groups is 1. The molecule has 2 N–H and O–H groups in total. The number of nitriles is 1. The Morgan fingerprint density at radius 3 is 2.72 bits per heavy atom. The first-order valence-corrected chi connectivity index (χ1v) is 9.56. The SMILES string of the molecule is CN=C(NCc1ccc(C#N)cc1)NC1CCCN(c2cc(C)ccc2F)C1.I. The van der Waals surface area contributed by atoms with Crippen LogP contribution in [0.1, 0.15) is 29.5 Å². The average molecular weight is 507 g/mol. The van der Waals surface area contributed by atoms with Gasteiger partial charge >= 0.3 is 0 Å². The molecule has 2 aromatic rings. The number of nitrogens with zero attached hydrogens (tertiary/aromatic N) is 3. The number of rotatable bonds is 4. The number of piperidine rings is 1. The fraction of sp³-hybridized carbons (Fsp3) is 0.364. The molecule has 7 heteroatoms. The van der Waals surface area contributed by atoms with Gasteiger partial charge in [0, 0.05) is 32.7 Å². The quantitative estimate of drug-likeness (QED) is 0.374. The fourth-order valence-corrected chi connectivity index (χ4v) is 3.45. The summed E-state index contributed by atoms with van der Waals surface area (Å²) in [7, 11) is 1.74. The van der Waals surface area contributed by atoms with Crippen LogP contribution in [0.25, 0.3) is 0 Å². The van der Waals surface area contributed by atoms with Crippen LogP contribution >= 0.6 is 24.0 Å². The zero-order valence-corrected chi connectivity index (χ0v) is 19.1. The molecule has 5 nitrogen and oxygen atoms in total. The zero-order chi connectivity index (χ0) is 19.9. The van der Waals surface area contributed by atoms with Crippen LogP contribution in [0.15, 0.2) is 47.5 Å². The van der Waals surface area contributed by atoms with Crippen molar-refractivity contribution in [3.63, 3.8) is 0 Å². The van der Waals surface area contributed by atoms with Crippen molar-refractivity contribution < 1.29 is 4.39 Å². The molecule has 1 atom stereocenters. The van der Waals surface area contributed by atoms with Gasteiger partial charge < -0.3 is 15.5 Å². The topological polar surface area (TPSA) is 63.5 Å². The molecule has 0 aromatic heterocycles. The van der Waals surface area contributed by atoms with Crippen molar-refractivity contribution in [3.05, 3.63) is 65.0 Å². The molecule has 1 heterocycles. The smallest absolute Gasteiger partial charge is 0.191 e. The number of aliphatic imine (C=N–C) groups is 1. The maximum Gasteiger partial charge on any atom is 0.191 e. The highest BCUT2D eigenvalue weighted by Crippen LogP contribution is 2.24. The molecule has 1 unspecified atom stereocenters. The number of hydrogen-bond donors (Lipinski definition) is 2. The summed E-state index contributed by atoms with van der Waals surface area (Å²) < 4.78 is 14.3. The van der Waals surface area contributed by atoms with Gasteiger partial charge in [-0.25, -0.2) is 4.39 Å². The summed E-state index contributed by atoms with van der Waals surface area (Å²) in [6.45, 7) is 4.19. The van der Waals surface area contributed by atoms with E-state index in [0.29, 0.717) is 17.8 Å². The van der Waals surface area contributed by atoms with Crippen molar-refractivity contribution >= 4 is 35.6 Å². The van der Waals surface area contributed by atoms with Gasteiger partial charge in [0.2, 0.25) is 0 Å². The maximum atomic E-state index is 14.3. The Kier molecular flexibility index (Phi) is 8.70. The standard InChI is InChI=1S/C22H26FN5.HI/c1-16-5-10-20(23)21(12-16)28-11-3-4-19(15-28)27-22(25-2)26-14-18-8-6-17(13-24)7-9-18;/h5-10,12,19H,3-4,11,14-15H2,1-2H3,(H2,25,26,27);1H. The summed E-state index contributed by atoms with van der Waals surface area (Å²) in [6, 6.07) is 15.1. The Labute approximate surface area is 189 Å². The summed E-state index contributed by atoms with van der Waals surface area (Å²) in [5.74, 6) is 0.551. The first-order valence-electron chi connectivity index (χ1n) is 9.56. The molecule has 1 aliphatic rings. The van der Waals surface area contributed by atoms with E-state index in [-0.39, 0.29) is 35.8 Å². The number of aryl methyl sites for hydroxylation is 1. The highest BCUT2D eigenvalue weighted by atomic mass is 127. The third kappa shape index (κ3) is 6.32. The molecular formula is C22H27FIN5. The lowest BCUT2D eigenvalue weighted by atomic mass is 10.0. The van der Waals surface area contributed by atoms with Gasteiger partial charge in [0.05, 0.1) is 17.3 Å². The van der Waals surface area contributed by atoms with E-state index < -0.39 is 0 Å². The molecule has 29 heavy (non-hydrogen) atoms. The highest BCUT2D eigenvalue weighted by Gasteiger charge is 2.22. The van der Waals surface area contributed by atoms with E-state index in [1.165, 1.54) is 0 Å². The number of anilines is 1. The number of nitrogens with one attached hydrogen (secondary N) is 2. The van der Waals surface area contributed by atoms with Crippen molar-refractivity contribution in [2.24, 2.45) is 4.99 Å². The number of halogens is 2. The molecular weight excluding hydrogens is 480 g/mol. The fourth-order valence-electron chi connectivity index (χ4n) is 3.45. The molecule has 0 spiro atoms. The van der Waals surface area contributed by atoms with Crippen LogP contribution in [0, 0.1) is 24.1 Å². The lowest BCUT2D eigenvalue weighted by Gasteiger charge is -2.35. The van der Waals surface area contributed by atoms with Crippen molar-refractivity contribution in [1.82, 2.24) is 10.6 Å². The van der Waals surface area contributed by atoms with E-state index >= 15 is 0 Å². The number of hydrogen-bond acceptors (Lipinski definition) is 3. The van der Waals surface area contributed by atoms with Gasteiger partial charge in [0.1, 0.15) is 5.82 Å². The molecule has 1 saturated heterocycles. The minimum absolute atomic E-state index is 0. The van der Waals surface area contributed by atoms with Gasteiger partial charge in [-0.3, -0.25) is 4.99 Å². The largest absolute Gasteiger partial charge is 0.367 e. The molecule has 154 valence electrons. The average Bonchev–Trinajstić information content (AvgIpc) is 2.73. The summed E-state index contributed by atoms with van der Waals surface area (Å²) in [5, 5.41) is 15.6. The second-order valence-electron chi connectivity index (χ2n) is 7.12. The highest BCUT2D eigenvalue weighted by molar-refractivity contribution is 14.0. The molecule has 0 aliphatic carbocycles. The molecule has 0 amide bonds. The first kappa shape index (κ1) is 22.9. The van der Waals surface area contributed by atoms with Gasteiger partial charge in [-0.05, 0) is 55.2 Å². The predicted octanol–water partition coefficient (Wildman–Crippen LogP) is 3.96. The summed E-state index contributed by atoms with van der Waals surface area (Å²) in [5.41, 5.74) is 3.46. The minimum Gasteiger partial charge on any atom is -0.367 e. The zero-order valence-electron chi connectivity index (χ0n) is 16.8. The molecule has 1 fully saturated rings. The molecule has 0 bridgehead atoms. The van der Waals surface area contributed by atoms with Gasteiger partial charge in [0.15, 0.2) is 5.96 Å². The van der Waals surface area contributed by atoms with Crippen LogP contribution in [0.3, 0.4) is 0 Å². The summed E-state index contributed by atoms with van der Waals surface area (Å²) >= 11 is 0. The van der Waals surface area contributed by atoms with Crippen molar-refractivity contribution in [2.45, 2.75) is 32.4 Å². The van der Waals surface area contributed by atoms with Crippen LogP contribution < -0.4 is 15.5 Å². The lowest BCUT2D eigenvalue weighted by molar-refractivity contribution is 0.462. The van der Waals surface area contributed by atoms with Gasteiger partial charge in [0.25, 0.3) is 0 Å². The van der Waals surface area contributed by atoms with Crippen LogP contribution in [-0.2, 0) is 6.54 Å². The van der Waals surface area contributed by atoms with Crippen molar-refractivity contribution in [2.75, 3.05) is 25.0 Å². The number of benzene rings is 2. The lowest BCUT2D eigenvalue weighted by Crippen LogP contribution is -2.51. The van der Waals surface area contributed by atoms with Gasteiger partial charge in [-0.2, -0.15) is 5.26 Å². The molecule has 3 rings (SSSR count). The van der Waals surface area contributed by atoms with Crippen molar-refractivity contribution in [1.29, 1.82) is 5.26 Å². The van der Waals surface area contributed by atoms with Crippen LogP contribution in [-0.4, -0.2) is 32.1 Å². The Morgan fingerprint density at radius 2 is 2.03 bits per heavy atom. The van der Waals surface area contributed by atoms with Gasteiger partial charge in [-0.1, -0.05) is 18.2 Å². The summed E-state index contributed by atoms with van der Waals surface area (Å²) in [6.07, 6.45) is 2.01. The van der Waals surface area contributed by atoms with E-state index in [1.807, 2.05) is 37.3 Å². The first-order chi connectivity index (χ1) is 13.6. The predicted molar refractivity (Wildman–Crippen MR) is 126 cm³/mol. The Hall–Kier alpha value is -2.34. The summed E-state index contributed by atoms with van der Waals surface area (Å²) in [4.78, 5) is 6.42. The molecule has 0 radical (unpaired) electrons. The second kappa shape index (κ2) is 11.0. The van der Waals surface area contributed by atoms with E-state index in [1.54, 1.807) is 19.2 Å². The Morgan fingerprint density at radius 1 is 1.28 bits per heavy atom. The molecule has 0 saturated carbocycles. The van der Waals surface area contributed by atoms with Crippen LogP contribution in [0.4, 0.5) is 10.1 Å².